The van der Waals surface area contributed by atoms with Gasteiger partial charge < -0.3 is 10.5 Å². The van der Waals surface area contributed by atoms with Crippen LogP contribution in [-0.2, 0) is 0 Å². The van der Waals surface area contributed by atoms with Crippen LogP contribution in [0.3, 0.4) is 0 Å². The van der Waals surface area contributed by atoms with Crippen LogP contribution < -0.4 is 10.5 Å². The molecule has 0 bridgehead atoms. The highest BCUT2D eigenvalue weighted by atomic mass is 79.9. The Bertz CT molecular complexity index is 835. The summed E-state index contributed by atoms with van der Waals surface area (Å²) in [6, 6.07) is 15.5. The quantitative estimate of drug-likeness (QED) is 0.703. The van der Waals surface area contributed by atoms with Crippen LogP contribution >= 0.6 is 28.1 Å². The molecule has 0 radical (unpaired) electrons. The molecule has 21 heavy (non-hydrogen) atoms. The van der Waals surface area contributed by atoms with E-state index >= 15 is 0 Å². The Morgan fingerprint density at radius 3 is 2.62 bits per heavy atom. The maximum Gasteiger partial charge on any atom is 0.219 e. The van der Waals surface area contributed by atoms with Crippen molar-refractivity contribution in [3.63, 3.8) is 0 Å². The van der Waals surface area contributed by atoms with E-state index in [4.69, 9.17) is 22.7 Å². The zero-order valence-electron chi connectivity index (χ0n) is 10.9. The third-order valence-corrected chi connectivity index (χ3v) is 3.74. The van der Waals surface area contributed by atoms with E-state index in [0.29, 0.717) is 10.9 Å². The Kier molecular flexibility index (Phi) is 3.86. The van der Waals surface area contributed by atoms with Crippen molar-refractivity contribution in [1.29, 1.82) is 0 Å². The molecule has 2 aromatic carbocycles. The number of ether oxygens (including phenoxy) is 1. The Balaban J connectivity index is 1.92. The van der Waals surface area contributed by atoms with Crippen LogP contribution in [0.1, 0.15) is 5.56 Å². The van der Waals surface area contributed by atoms with Crippen LogP contribution in [0.5, 0.6) is 11.6 Å². The third-order valence-electron chi connectivity index (χ3n) is 3.02. The summed E-state index contributed by atoms with van der Waals surface area (Å²) in [6.07, 6.45) is 1.63. The average Bonchev–Trinajstić information content (AvgIpc) is 2.48. The average molecular weight is 359 g/mol. The number of pyridine rings is 1. The highest BCUT2D eigenvalue weighted by molar-refractivity contribution is 9.10. The van der Waals surface area contributed by atoms with Crippen molar-refractivity contribution < 1.29 is 4.74 Å². The number of halogens is 1. The van der Waals surface area contributed by atoms with Crippen molar-refractivity contribution in [2.75, 3.05) is 0 Å². The molecule has 0 spiro atoms. The standard InChI is InChI=1S/C16H11BrN2OS/c17-13-3-1-11-8-14(4-2-10(11)7-13)20-15-9-12(16(18)21)5-6-19-15/h1-9H,(H2,18,21). The fourth-order valence-corrected chi connectivity index (χ4v) is 2.50. The largest absolute Gasteiger partial charge is 0.439 e. The molecular formula is C16H11BrN2OS. The van der Waals surface area contributed by atoms with Gasteiger partial charge in [-0.3, -0.25) is 0 Å². The number of hydrogen-bond donors (Lipinski definition) is 1. The van der Waals surface area contributed by atoms with Crippen molar-refractivity contribution in [2.45, 2.75) is 0 Å². The number of fused-ring (bicyclic) bond motifs is 1. The molecule has 3 rings (SSSR count). The van der Waals surface area contributed by atoms with Gasteiger partial charge in [-0.05, 0) is 41.1 Å². The normalized spacial score (nSPS) is 10.5. The van der Waals surface area contributed by atoms with E-state index in [1.807, 2.05) is 30.3 Å². The van der Waals surface area contributed by atoms with Crippen molar-refractivity contribution >= 4 is 43.9 Å². The fourth-order valence-electron chi connectivity index (χ4n) is 2.00. The summed E-state index contributed by atoms with van der Waals surface area (Å²) in [5.74, 6) is 1.19. The van der Waals surface area contributed by atoms with Crippen molar-refractivity contribution in [3.8, 4) is 11.6 Å². The number of benzene rings is 2. The number of thiocarbonyl (C=S) groups is 1. The van der Waals surface area contributed by atoms with Gasteiger partial charge in [-0.1, -0.05) is 40.3 Å². The number of rotatable bonds is 3. The molecule has 0 aliphatic rings. The van der Waals surface area contributed by atoms with Gasteiger partial charge in [0.25, 0.3) is 0 Å². The summed E-state index contributed by atoms with van der Waals surface area (Å²) >= 11 is 8.41. The summed E-state index contributed by atoms with van der Waals surface area (Å²) in [4.78, 5) is 4.49. The summed E-state index contributed by atoms with van der Waals surface area (Å²) in [6.45, 7) is 0. The number of aromatic nitrogens is 1. The third kappa shape index (κ3) is 3.20. The first kappa shape index (κ1) is 14.0. The molecular weight excluding hydrogens is 348 g/mol. The Morgan fingerprint density at radius 1 is 1.05 bits per heavy atom. The van der Waals surface area contributed by atoms with E-state index in [1.54, 1.807) is 18.3 Å². The lowest BCUT2D eigenvalue weighted by Crippen LogP contribution is -2.09. The summed E-state index contributed by atoms with van der Waals surface area (Å²) < 4.78 is 6.82. The molecule has 5 heteroatoms. The van der Waals surface area contributed by atoms with E-state index in [0.717, 1.165) is 26.6 Å². The number of nitrogens with zero attached hydrogens (tertiary/aromatic N) is 1. The second kappa shape index (κ2) is 5.79. The van der Waals surface area contributed by atoms with Gasteiger partial charge in [0.05, 0.1) is 0 Å². The Hall–Kier alpha value is -1.98. The molecule has 0 saturated heterocycles. The molecule has 0 fully saturated rings. The Morgan fingerprint density at radius 2 is 1.81 bits per heavy atom. The predicted octanol–water partition coefficient (Wildman–Crippen LogP) is 4.42. The van der Waals surface area contributed by atoms with Crippen LogP contribution in [0, 0.1) is 0 Å². The zero-order chi connectivity index (χ0) is 14.8. The van der Waals surface area contributed by atoms with Crippen LogP contribution in [0.4, 0.5) is 0 Å². The summed E-state index contributed by atoms with van der Waals surface area (Å²) in [5, 5.41) is 2.24. The van der Waals surface area contributed by atoms with E-state index < -0.39 is 0 Å². The molecule has 104 valence electrons. The van der Waals surface area contributed by atoms with Crippen molar-refractivity contribution in [3.05, 3.63) is 64.8 Å². The van der Waals surface area contributed by atoms with Gasteiger partial charge >= 0.3 is 0 Å². The molecule has 1 heterocycles. The van der Waals surface area contributed by atoms with Crippen LogP contribution in [-0.4, -0.2) is 9.97 Å². The minimum Gasteiger partial charge on any atom is -0.439 e. The second-order valence-electron chi connectivity index (χ2n) is 4.50. The smallest absolute Gasteiger partial charge is 0.219 e. The van der Waals surface area contributed by atoms with Crippen LogP contribution in [0.15, 0.2) is 59.2 Å². The summed E-state index contributed by atoms with van der Waals surface area (Å²) in [5.41, 5.74) is 6.34. The van der Waals surface area contributed by atoms with Gasteiger partial charge in [-0.25, -0.2) is 4.98 Å². The molecule has 3 aromatic rings. The van der Waals surface area contributed by atoms with Crippen molar-refractivity contribution in [2.24, 2.45) is 5.73 Å². The molecule has 1 aromatic heterocycles. The molecule has 2 N–H and O–H groups in total. The van der Waals surface area contributed by atoms with E-state index in [2.05, 4.69) is 27.0 Å². The van der Waals surface area contributed by atoms with Gasteiger partial charge in [-0.15, -0.1) is 0 Å². The Labute approximate surface area is 135 Å². The number of nitrogens with two attached hydrogens (primary N) is 1. The first-order chi connectivity index (χ1) is 10.1. The number of hydrogen-bond acceptors (Lipinski definition) is 3. The highest BCUT2D eigenvalue weighted by Crippen LogP contribution is 2.26. The van der Waals surface area contributed by atoms with Gasteiger partial charge in [-0.2, -0.15) is 0 Å². The molecule has 0 unspecified atom stereocenters. The van der Waals surface area contributed by atoms with Gasteiger partial charge in [0.15, 0.2) is 0 Å². The topological polar surface area (TPSA) is 48.1 Å². The van der Waals surface area contributed by atoms with Gasteiger partial charge in [0.2, 0.25) is 5.88 Å². The van der Waals surface area contributed by atoms with E-state index in [-0.39, 0.29) is 0 Å². The molecule has 0 atom stereocenters. The SMILES string of the molecule is NC(=S)c1ccnc(Oc2ccc3cc(Br)ccc3c2)c1. The van der Waals surface area contributed by atoms with E-state index in [9.17, 15) is 0 Å². The lowest BCUT2D eigenvalue weighted by Gasteiger charge is -2.07. The molecule has 0 aliphatic carbocycles. The van der Waals surface area contributed by atoms with Crippen LogP contribution in [0.25, 0.3) is 10.8 Å². The maximum absolute atomic E-state index is 5.77. The molecule has 0 aliphatic heterocycles. The summed E-state index contributed by atoms with van der Waals surface area (Å²) in [7, 11) is 0. The lowest BCUT2D eigenvalue weighted by atomic mass is 10.1. The monoisotopic (exact) mass is 358 g/mol. The molecule has 0 amide bonds. The minimum atomic E-state index is 0.325. The van der Waals surface area contributed by atoms with Gasteiger partial charge in [0.1, 0.15) is 10.7 Å². The lowest BCUT2D eigenvalue weighted by molar-refractivity contribution is 0.463. The molecule has 0 saturated carbocycles. The molecule has 3 nitrogen and oxygen atoms in total. The predicted molar refractivity (Wildman–Crippen MR) is 91.8 cm³/mol. The highest BCUT2D eigenvalue weighted by Gasteiger charge is 2.03. The van der Waals surface area contributed by atoms with Gasteiger partial charge in [0, 0.05) is 22.3 Å². The minimum absolute atomic E-state index is 0.325. The van der Waals surface area contributed by atoms with Crippen LogP contribution in [0.2, 0.25) is 0 Å². The first-order valence-electron chi connectivity index (χ1n) is 6.25. The first-order valence-corrected chi connectivity index (χ1v) is 7.45. The fraction of sp³-hybridized carbons (Fsp3) is 0. The second-order valence-corrected chi connectivity index (χ2v) is 5.86. The van der Waals surface area contributed by atoms with Crippen molar-refractivity contribution in [1.82, 2.24) is 4.98 Å². The zero-order valence-corrected chi connectivity index (χ0v) is 13.3. The van der Waals surface area contributed by atoms with E-state index in [1.165, 1.54) is 0 Å². The maximum atomic E-state index is 5.77.